The fourth-order valence-corrected chi connectivity index (χ4v) is 24.0. The molecule has 0 fully saturated rings. The van der Waals surface area contributed by atoms with E-state index in [1.807, 2.05) is 0 Å². The summed E-state index contributed by atoms with van der Waals surface area (Å²) in [7, 11) is -4.91. The van der Waals surface area contributed by atoms with Crippen molar-refractivity contribution in [3.63, 3.8) is 0 Å². The average molecular weight is 931 g/mol. The molecule has 10 heteroatoms. The summed E-state index contributed by atoms with van der Waals surface area (Å²) < 4.78 is 51.5. The first-order valence-corrected chi connectivity index (χ1v) is 33.6. The molecule has 0 aliphatic rings. The van der Waals surface area contributed by atoms with Crippen LogP contribution in [-0.4, -0.2) is 74.2 Å². The van der Waals surface area contributed by atoms with Gasteiger partial charge in [-0.05, 0) is 0 Å². The zero-order chi connectivity index (χ0) is 46.3. The molecular formula is C52H100O7P2S. The van der Waals surface area contributed by atoms with Crippen LogP contribution in [0.25, 0.3) is 0 Å². The molecule has 0 radical (unpaired) electrons. The van der Waals surface area contributed by atoms with Crippen molar-refractivity contribution >= 4 is 35.7 Å². The molecule has 0 aromatic heterocycles. The maximum atomic E-state index is 14.7. The fourth-order valence-electron chi connectivity index (χ4n) is 9.95. The predicted molar refractivity (Wildman–Crippen MR) is 275 cm³/mol. The molecule has 1 aromatic rings. The number of hydrogen-bond donors (Lipinski definition) is 1. The van der Waals surface area contributed by atoms with Crippen LogP contribution in [0.3, 0.4) is 0 Å². The summed E-state index contributed by atoms with van der Waals surface area (Å²) >= 11 is 0. The topological polar surface area (TPSA) is 107 Å². The second-order valence-electron chi connectivity index (χ2n) is 19.5. The molecule has 0 spiro atoms. The zero-order valence-electron chi connectivity index (χ0n) is 41.9. The van der Waals surface area contributed by atoms with Crippen LogP contribution in [0.2, 0.25) is 0 Å². The summed E-state index contributed by atoms with van der Waals surface area (Å²) in [6, 6.07) is 4.17. The van der Waals surface area contributed by atoms with E-state index in [0.29, 0.717) is 0 Å². The monoisotopic (exact) mass is 931 g/mol. The number of rotatable bonds is 41. The Morgan fingerprint density at radius 2 is 0.694 bits per heavy atom. The molecule has 1 N–H and O–H groups in total. The first-order valence-electron chi connectivity index (χ1n) is 26.3. The molecule has 0 aliphatic heterocycles. The van der Waals surface area contributed by atoms with Crippen molar-refractivity contribution in [3.05, 3.63) is 29.3 Å². The second-order valence-corrected chi connectivity index (χ2v) is 32.3. The fraction of sp³-hybridized carbons (Fsp3) is 0.846. The van der Waals surface area contributed by atoms with Gasteiger partial charge in [0.1, 0.15) is 0 Å². The van der Waals surface area contributed by atoms with Crippen molar-refractivity contribution in [2.45, 2.75) is 240 Å². The first-order chi connectivity index (χ1) is 29.7. The van der Waals surface area contributed by atoms with E-state index in [0.717, 1.165) is 152 Å². The third-order valence-electron chi connectivity index (χ3n) is 14.0. The van der Waals surface area contributed by atoms with Gasteiger partial charge < -0.3 is 0 Å². The summed E-state index contributed by atoms with van der Waals surface area (Å²) in [5.41, 5.74) is -0.110. The van der Waals surface area contributed by atoms with Gasteiger partial charge in [-0.1, -0.05) is 0 Å². The van der Waals surface area contributed by atoms with Gasteiger partial charge in [0.15, 0.2) is 0 Å². The third-order valence-corrected chi connectivity index (χ3v) is 27.9. The van der Waals surface area contributed by atoms with Gasteiger partial charge in [0.2, 0.25) is 0 Å². The predicted octanol–water partition coefficient (Wildman–Crippen LogP) is 17.3. The molecule has 7 nitrogen and oxygen atoms in total. The zero-order valence-corrected chi connectivity index (χ0v) is 44.5. The quantitative estimate of drug-likeness (QED) is 0.0396. The van der Waals surface area contributed by atoms with Crippen molar-refractivity contribution in [2.75, 3.05) is 49.3 Å². The van der Waals surface area contributed by atoms with Crippen LogP contribution in [0.15, 0.2) is 23.1 Å². The molecule has 0 heterocycles. The minimum absolute atomic E-state index is 0.0722. The molecule has 0 bridgehead atoms. The van der Waals surface area contributed by atoms with E-state index in [9.17, 15) is 22.6 Å². The third kappa shape index (κ3) is 20.6. The van der Waals surface area contributed by atoms with Crippen molar-refractivity contribution in [1.29, 1.82) is 0 Å². The summed E-state index contributed by atoms with van der Waals surface area (Å²) in [5, 5.41) is 0. The molecule has 0 aliphatic carbocycles. The Labute approximate surface area is 384 Å². The SMILES string of the molecule is CCCCCCCCCCP(CCCC)(CCCC)(CCCC)OC(=O)c1ccc(C(=O)OP(CCCC)(CCCC)(CCCC)CCCCCCCCCC)c(S(=O)(=O)O)c1. The van der Waals surface area contributed by atoms with E-state index in [-0.39, 0.29) is 11.1 Å². The van der Waals surface area contributed by atoms with Crippen LogP contribution < -0.4 is 0 Å². The van der Waals surface area contributed by atoms with Crippen LogP contribution in [0.1, 0.15) is 256 Å². The molecule has 0 saturated carbocycles. The van der Waals surface area contributed by atoms with Crippen molar-refractivity contribution in [3.8, 4) is 0 Å². The van der Waals surface area contributed by atoms with Crippen LogP contribution in [0.5, 0.6) is 0 Å². The molecule has 0 atom stereocenters. The van der Waals surface area contributed by atoms with Gasteiger partial charge in [-0.3, -0.25) is 0 Å². The summed E-state index contributed by atoms with van der Waals surface area (Å²) in [6.45, 7) is 11.3. The van der Waals surface area contributed by atoms with Gasteiger partial charge in [-0.15, -0.1) is 0 Å². The van der Waals surface area contributed by atoms with Crippen molar-refractivity contribution in [2.24, 2.45) is 0 Å². The Bertz CT molecular complexity index is 1430. The Morgan fingerprint density at radius 1 is 0.419 bits per heavy atom. The number of carbonyl (C=O) groups is 2. The molecule has 1 rings (SSSR count). The number of unbranched alkanes of at least 4 members (excludes halogenated alkanes) is 20. The number of hydrogen-bond acceptors (Lipinski definition) is 6. The molecule has 1 aromatic carbocycles. The second kappa shape index (κ2) is 31.8. The van der Waals surface area contributed by atoms with E-state index in [1.165, 1.54) is 89.2 Å². The molecule has 0 unspecified atom stereocenters. The number of carbonyl (C=O) groups excluding carboxylic acids is 2. The molecule has 0 amide bonds. The van der Waals surface area contributed by atoms with Crippen LogP contribution in [0.4, 0.5) is 0 Å². The summed E-state index contributed by atoms with van der Waals surface area (Å²) in [5.74, 6) is -1.21. The first kappa shape index (κ1) is 58.9. The maximum absolute atomic E-state index is 14.7. The standard InChI is InChI=1S/C52H100O7P2S/c1-9-17-25-27-29-31-33-35-45-60(39-19-11-3,40-20-12-4,41-21-13-5)58-51(53)48-37-38-49(50(47-48)62(55,56)57)52(54)59-61(42-22-14-6,43-23-15-7,44-24-16-8)46-36-34-32-30-28-26-18-10-2/h37-38,47H,9-36,39-46H2,1-8H3,(H,55,56,57). The van der Waals surface area contributed by atoms with Crippen LogP contribution in [0, 0.1) is 0 Å². The molecule has 62 heavy (non-hydrogen) atoms. The molecular weight excluding hydrogens is 831 g/mol. The van der Waals surface area contributed by atoms with E-state index >= 15 is 0 Å². The summed E-state index contributed by atoms with van der Waals surface area (Å²) in [6.07, 6.45) is 37.9. The Morgan fingerprint density at radius 3 is 1.00 bits per heavy atom. The van der Waals surface area contributed by atoms with Gasteiger partial charge in [0, 0.05) is 0 Å². The normalized spacial score (nSPS) is 13.6. The van der Waals surface area contributed by atoms with Crippen molar-refractivity contribution < 1.29 is 31.6 Å². The summed E-state index contributed by atoms with van der Waals surface area (Å²) in [4.78, 5) is 28.8. The Hall–Kier alpha value is -1.07. The van der Waals surface area contributed by atoms with Crippen LogP contribution >= 0.6 is 13.7 Å². The minimum atomic E-state index is -4.91. The van der Waals surface area contributed by atoms with E-state index < -0.39 is 40.6 Å². The van der Waals surface area contributed by atoms with E-state index in [1.54, 1.807) is 6.07 Å². The Balaban J connectivity index is 3.77. The number of benzene rings is 1. The van der Waals surface area contributed by atoms with Gasteiger partial charge >= 0.3 is 386 Å². The van der Waals surface area contributed by atoms with Gasteiger partial charge in [0.05, 0.1) is 0 Å². The van der Waals surface area contributed by atoms with Crippen molar-refractivity contribution in [1.82, 2.24) is 0 Å². The Kier molecular flexibility index (Phi) is 30.2. The van der Waals surface area contributed by atoms with E-state index in [2.05, 4.69) is 55.4 Å². The molecule has 0 saturated heterocycles. The van der Waals surface area contributed by atoms with E-state index in [4.69, 9.17) is 9.05 Å². The molecule has 366 valence electrons. The van der Waals surface area contributed by atoms with Gasteiger partial charge in [0.25, 0.3) is 0 Å². The average Bonchev–Trinajstić information content (AvgIpc) is 3.26. The van der Waals surface area contributed by atoms with Crippen LogP contribution in [-0.2, 0) is 19.2 Å². The van der Waals surface area contributed by atoms with Gasteiger partial charge in [-0.2, -0.15) is 0 Å². The van der Waals surface area contributed by atoms with Gasteiger partial charge in [-0.25, -0.2) is 0 Å².